The first kappa shape index (κ1) is 9.74. The first-order valence-corrected chi connectivity index (χ1v) is 6.04. The fourth-order valence-corrected chi connectivity index (χ4v) is 2.86. The van der Waals surface area contributed by atoms with Gasteiger partial charge in [0.2, 0.25) is 0 Å². The molecule has 1 aromatic heterocycles. The van der Waals surface area contributed by atoms with Crippen LogP contribution in [0.5, 0.6) is 0 Å². The first-order chi connectivity index (χ1) is 6.81. The van der Waals surface area contributed by atoms with Crippen LogP contribution in [-0.2, 0) is 0 Å². The third-order valence-electron chi connectivity index (χ3n) is 2.08. The van der Waals surface area contributed by atoms with Gasteiger partial charge in [-0.2, -0.15) is 11.3 Å². The first-order valence-electron chi connectivity index (χ1n) is 4.31. The maximum absolute atomic E-state index is 3.54. The molecule has 0 bridgehead atoms. The Hall–Kier alpha value is -0.800. The molecule has 72 valence electrons. The molecule has 1 aromatic carbocycles. The predicted octanol–water partition coefficient (Wildman–Crippen LogP) is 4.22. The summed E-state index contributed by atoms with van der Waals surface area (Å²) in [5, 5.41) is 7.39. The lowest BCUT2D eigenvalue weighted by Crippen LogP contribution is -1.87. The lowest BCUT2D eigenvalue weighted by molar-refractivity contribution is 1.51. The summed E-state index contributed by atoms with van der Waals surface area (Å²) in [5.41, 5.74) is 3.64. The van der Waals surface area contributed by atoms with Crippen LogP contribution < -0.4 is 5.32 Å². The molecule has 2 rings (SSSR count). The van der Waals surface area contributed by atoms with Crippen molar-refractivity contribution < 1.29 is 0 Å². The third-order valence-corrected chi connectivity index (χ3v) is 3.78. The second-order valence-corrected chi connectivity index (χ2v) is 4.56. The summed E-state index contributed by atoms with van der Waals surface area (Å²) >= 11 is 5.25. The Morgan fingerprint density at radius 3 is 2.79 bits per heavy atom. The van der Waals surface area contributed by atoms with Gasteiger partial charge in [0.05, 0.1) is 0 Å². The highest BCUT2D eigenvalue weighted by molar-refractivity contribution is 9.10. The summed E-state index contributed by atoms with van der Waals surface area (Å²) in [5.74, 6) is 0. The van der Waals surface area contributed by atoms with Crippen LogP contribution in [0.1, 0.15) is 0 Å². The minimum absolute atomic E-state index is 1.14. The van der Waals surface area contributed by atoms with E-state index in [1.165, 1.54) is 11.1 Å². The summed E-state index contributed by atoms with van der Waals surface area (Å²) in [4.78, 5) is 0. The predicted molar refractivity (Wildman–Crippen MR) is 67.0 cm³/mol. The molecule has 0 saturated heterocycles. The van der Waals surface area contributed by atoms with Crippen LogP contribution in [-0.4, -0.2) is 7.05 Å². The fourth-order valence-electron chi connectivity index (χ4n) is 1.33. The maximum atomic E-state index is 3.54. The van der Waals surface area contributed by atoms with Crippen LogP contribution in [0, 0.1) is 0 Å². The van der Waals surface area contributed by atoms with Crippen LogP contribution in [0.4, 0.5) is 5.69 Å². The molecule has 1 heterocycles. The number of anilines is 1. The number of rotatable bonds is 2. The Kier molecular flexibility index (Phi) is 2.89. The molecule has 0 fully saturated rings. The van der Waals surface area contributed by atoms with Crippen molar-refractivity contribution in [2.24, 2.45) is 0 Å². The summed E-state index contributed by atoms with van der Waals surface area (Å²) in [6, 6.07) is 8.38. The minimum atomic E-state index is 1.14. The Morgan fingerprint density at radius 2 is 2.14 bits per heavy atom. The summed E-state index contributed by atoms with van der Waals surface area (Å²) in [6.07, 6.45) is 0. The van der Waals surface area contributed by atoms with Crippen molar-refractivity contribution in [3.63, 3.8) is 0 Å². The van der Waals surface area contributed by atoms with Crippen molar-refractivity contribution >= 4 is 33.0 Å². The van der Waals surface area contributed by atoms with Crippen molar-refractivity contribution in [3.05, 3.63) is 39.5 Å². The number of hydrogen-bond donors (Lipinski definition) is 1. The molecule has 1 nitrogen and oxygen atoms in total. The molecule has 0 amide bonds. The average molecular weight is 268 g/mol. The highest BCUT2D eigenvalue weighted by Gasteiger charge is 2.03. The smallest absolute Gasteiger partial charge is 0.0360 e. The molecular formula is C11H10BrNS. The molecule has 1 N–H and O–H groups in total. The molecule has 0 aliphatic heterocycles. The van der Waals surface area contributed by atoms with Gasteiger partial charge in [0.15, 0.2) is 0 Å². The van der Waals surface area contributed by atoms with Crippen molar-refractivity contribution in [1.82, 2.24) is 0 Å². The number of hydrogen-bond acceptors (Lipinski definition) is 2. The summed E-state index contributed by atoms with van der Waals surface area (Å²) in [6.45, 7) is 0. The summed E-state index contributed by atoms with van der Waals surface area (Å²) in [7, 11) is 1.93. The highest BCUT2D eigenvalue weighted by atomic mass is 79.9. The zero-order valence-electron chi connectivity index (χ0n) is 7.75. The zero-order valence-corrected chi connectivity index (χ0v) is 10.2. The molecule has 0 aliphatic carbocycles. The Balaban J connectivity index is 2.47. The lowest BCUT2D eigenvalue weighted by atomic mass is 10.1. The second kappa shape index (κ2) is 4.15. The number of nitrogens with one attached hydrogen (secondary N) is 1. The zero-order chi connectivity index (χ0) is 9.97. The van der Waals surface area contributed by atoms with Crippen LogP contribution in [0.15, 0.2) is 39.5 Å². The van der Waals surface area contributed by atoms with Crippen LogP contribution >= 0.6 is 27.3 Å². The van der Waals surface area contributed by atoms with Gasteiger partial charge >= 0.3 is 0 Å². The Morgan fingerprint density at radius 1 is 1.29 bits per heavy atom. The van der Waals surface area contributed by atoms with E-state index >= 15 is 0 Å². The van der Waals surface area contributed by atoms with Crippen molar-refractivity contribution in [1.29, 1.82) is 0 Å². The van der Waals surface area contributed by atoms with E-state index in [2.05, 4.69) is 56.3 Å². The quantitative estimate of drug-likeness (QED) is 0.859. The van der Waals surface area contributed by atoms with Gasteiger partial charge in [0.1, 0.15) is 0 Å². The van der Waals surface area contributed by atoms with Gasteiger partial charge in [-0.25, -0.2) is 0 Å². The third kappa shape index (κ3) is 1.83. The van der Waals surface area contributed by atoms with E-state index in [9.17, 15) is 0 Å². The van der Waals surface area contributed by atoms with E-state index in [0.29, 0.717) is 0 Å². The van der Waals surface area contributed by atoms with Crippen LogP contribution in [0.25, 0.3) is 11.1 Å². The molecule has 14 heavy (non-hydrogen) atoms. The monoisotopic (exact) mass is 267 g/mol. The van der Waals surface area contributed by atoms with E-state index < -0.39 is 0 Å². The molecule has 0 spiro atoms. The molecule has 0 unspecified atom stereocenters. The van der Waals surface area contributed by atoms with Gasteiger partial charge in [-0.15, -0.1) is 0 Å². The Bertz CT molecular complexity index is 436. The Labute approximate surface area is 95.9 Å². The second-order valence-electron chi connectivity index (χ2n) is 2.96. The standard InChI is InChI=1S/C11H10BrNS/c1-13-9-4-2-3-8(5-9)10-6-14-7-11(10)12/h2-7,13H,1H3. The normalized spacial score (nSPS) is 10.1. The van der Waals surface area contributed by atoms with E-state index in [1.54, 1.807) is 11.3 Å². The SMILES string of the molecule is CNc1cccc(-c2cscc2Br)c1. The molecule has 0 atom stereocenters. The van der Waals surface area contributed by atoms with Gasteiger partial charge in [-0.05, 0) is 39.0 Å². The molecule has 2 aromatic rings. The van der Waals surface area contributed by atoms with Crippen LogP contribution in [0.2, 0.25) is 0 Å². The topological polar surface area (TPSA) is 12.0 Å². The van der Waals surface area contributed by atoms with Crippen molar-refractivity contribution in [3.8, 4) is 11.1 Å². The van der Waals surface area contributed by atoms with Gasteiger partial charge in [0.25, 0.3) is 0 Å². The number of benzene rings is 1. The van der Waals surface area contributed by atoms with Crippen LogP contribution in [0.3, 0.4) is 0 Å². The lowest BCUT2D eigenvalue weighted by Gasteiger charge is -2.03. The maximum Gasteiger partial charge on any atom is 0.0360 e. The van der Waals surface area contributed by atoms with Gasteiger partial charge in [0, 0.05) is 28.2 Å². The van der Waals surface area contributed by atoms with Crippen molar-refractivity contribution in [2.75, 3.05) is 12.4 Å². The largest absolute Gasteiger partial charge is 0.388 e. The molecule has 0 radical (unpaired) electrons. The number of thiophene rings is 1. The van der Waals surface area contributed by atoms with Gasteiger partial charge in [-0.1, -0.05) is 12.1 Å². The van der Waals surface area contributed by atoms with Crippen molar-refractivity contribution in [2.45, 2.75) is 0 Å². The average Bonchev–Trinajstić information content (AvgIpc) is 2.65. The van der Waals surface area contributed by atoms with E-state index in [1.807, 2.05) is 7.05 Å². The molecule has 3 heteroatoms. The van der Waals surface area contributed by atoms with Gasteiger partial charge in [-0.3, -0.25) is 0 Å². The molecule has 0 aliphatic rings. The highest BCUT2D eigenvalue weighted by Crippen LogP contribution is 2.32. The minimum Gasteiger partial charge on any atom is -0.388 e. The van der Waals surface area contributed by atoms with E-state index in [4.69, 9.17) is 0 Å². The molecule has 0 saturated carbocycles. The van der Waals surface area contributed by atoms with E-state index in [-0.39, 0.29) is 0 Å². The molecular weight excluding hydrogens is 258 g/mol. The number of halogens is 1. The van der Waals surface area contributed by atoms with Gasteiger partial charge < -0.3 is 5.32 Å². The summed E-state index contributed by atoms with van der Waals surface area (Å²) < 4.78 is 1.16. The fraction of sp³-hybridized carbons (Fsp3) is 0.0909. The van der Waals surface area contributed by atoms with E-state index in [0.717, 1.165) is 10.2 Å².